The summed E-state index contributed by atoms with van der Waals surface area (Å²) in [6.45, 7) is 2.69. The number of hydrogen-bond acceptors (Lipinski definition) is 6. The number of oxime groups is 1. The van der Waals surface area contributed by atoms with Crippen LogP contribution in [0.2, 0.25) is 0 Å². The quantitative estimate of drug-likeness (QED) is 0.354. The van der Waals surface area contributed by atoms with E-state index in [1.165, 1.54) is 6.20 Å². The Morgan fingerprint density at radius 3 is 3.11 bits per heavy atom. The average Bonchev–Trinajstić information content (AvgIpc) is 2.86. The molecule has 3 N–H and O–H groups in total. The number of amidine groups is 1. The molecule has 0 saturated carbocycles. The SMILES string of the molecule is CCn1cc(Oc2nnccc2/C(N)=N/O)cn1. The van der Waals surface area contributed by atoms with Crippen LogP contribution < -0.4 is 10.5 Å². The minimum Gasteiger partial charge on any atom is -0.434 e. The third kappa shape index (κ3) is 2.37. The van der Waals surface area contributed by atoms with Crippen molar-refractivity contribution in [2.75, 3.05) is 0 Å². The molecule has 2 rings (SSSR count). The van der Waals surface area contributed by atoms with E-state index in [1.54, 1.807) is 23.1 Å². The van der Waals surface area contributed by atoms with Gasteiger partial charge in [-0.15, -0.1) is 5.10 Å². The number of rotatable bonds is 4. The summed E-state index contributed by atoms with van der Waals surface area (Å²) in [6.07, 6.45) is 4.69. The van der Waals surface area contributed by atoms with E-state index in [2.05, 4.69) is 20.5 Å². The standard InChI is InChI=1S/C10H12N6O2/c1-2-16-6-7(5-13-16)18-10-8(9(11)15-17)3-4-12-14-10/h3-6,17H,2H2,1H3,(H2,11,15). The van der Waals surface area contributed by atoms with Gasteiger partial charge in [0.05, 0.1) is 24.2 Å². The van der Waals surface area contributed by atoms with Gasteiger partial charge >= 0.3 is 0 Å². The maximum Gasteiger partial charge on any atom is 0.250 e. The Labute approximate surface area is 103 Å². The smallest absolute Gasteiger partial charge is 0.250 e. The first-order valence-corrected chi connectivity index (χ1v) is 5.24. The summed E-state index contributed by atoms with van der Waals surface area (Å²) in [5.74, 6) is 0.565. The summed E-state index contributed by atoms with van der Waals surface area (Å²) in [6, 6.07) is 1.54. The number of nitrogens with two attached hydrogens (primary N) is 1. The molecule has 0 atom stereocenters. The summed E-state index contributed by atoms with van der Waals surface area (Å²) < 4.78 is 7.19. The Morgan fingerprint density at radius 1 is 1.61 bits per heavy atom. The molecule has 8 nitrogen and oxygen atoms in total. The fourth-order valence-corrected chi connectivity index (χ4v) is 1.32. The first-order chi connectivity index (χ1) is 8.74. The summed E-state index contributed by atoms with van der Waals surface area (Å²) in [5, 5.41) is 23.1. The van der Waals surface area contributed by atoms with Crippen LogP contribution in [0.3, 0.4) is 0 Å². The molecule has 0 amide bonds. The van der Waals surface area contributed by atoms with Crippen LogP contribution in [0.4, 0.5) is 0 Å². The molecule has 0 aliphatic heterocycles. The zero-order valence-corrected chi connectivity index (χ0v) is 9.69. The highest BCUT2D eigenvalue weighted by Crippen LogP contribution is 2.21. The van der Waals surface area contributed by atoms with Crippen molar-refractivity contribution >= 4 is 5.84 Å². The van der Waals surface area contributed by atoms with Crippen molar-refractivity contribution in [2.24, 2.45) is 10.9 Å². The fraction of sp³-hybridized carbons (Fsp3) is 0.200. The highest BCUT2D eigenvalue weighted by Gasteiger charge is 2.11. The molecule has 0 aliphatic rings. The van der Waals surface area contributed by atoms with E-state index in [-0.39, 0.29) is 11.7 Å². The first kappa shape index (κ1) is 11.8. The van der Waals surface area contributed by atoms with Crippen LogP contribution in [0, 0.1) is 0 Å². The van der Waals surface area contributed by atoms with Crippen LogP contribution >= 0.6 is 0 Å². The largest absolute Gasteiger partial charge is 0.434 e. The van der Waals surface area contributed by atoms with Gasteiger partial charge in [0.1, 0.15) is 0 Å². The molecule has 0 radical (unpaired) electrons. The van der Waals surface area contributed by atoms with E-state index in [9.17, 15) is 0 Å². The molecular weight excluding hydrogens is 236 g/mol. The lowest BCUT2D eigenvalue weighted by Gasteiger charge is -2.05. The molecule has 2 aromatic rings. The topological polar surface area (TPSA) is 111 Å². The van der Waals surface area contributed by atoms with Crippen LogP contribution in [0.15, 0.2) is 29.8 Å². The zero-order valence-electron chi connectivity index (χ0n) is 9.69. The highest BCUT2D eigenvalue weighted by molar-refractivity contribution is 5.98. The third-order valence-corrected chi connectivity index (χ3v) is 2.22. The predicted molar refractivity (Wildman–Crippen MR) is 62.5 cm³/mol. The summed E-state index contributed by atoms with van der Waals surface area (Å²) in [5.41, 5.74) is 5.87. The molecule has 18 heavy (non-hydrogen) atoms. The van der Waals surface area contributed by atoms with Gasteiger partial charge in [-0.2, -0.15) is 10.2 Å². The van der Waals surface area contributed by atoms with Crippen molar-refractivity contribution in [1.82, 2.24) is 20.0 Å². The minimum absolute atomic E-state index is 0.0946. The van der Waals surface area contributed by atoms with Gasteiger partial charge in [-0.05, 0) is 13.0 Å². The van der Waals surface area contributed by atoms with Gasteiger partial charge in [0, 0.05) is 6.54 Å². The Hall–Kier alpha value is -2.64. The van der Waals surface area contributed by atoms with Crippen molar-refractivity contribution < 1.29 is 9.94 Å². The maximum atomic E-state index is 8.66. The van der Waals surface area contributed by atoms with Gasteiger partial charge in [0.25, 0.3) is 0 Å². The summed E-state index contributed by atoms with van der Waals surface area (Å²) in [7, 11) is 0. The molecule has 0 bridgehead atoms. The lowest BCUT2D eigenvalue weighted by molar-refractivity contribution is 0.318. The van der Waals surface area contributed by atoms with Crippen LogP contribution in [0.25, 0.3) is 0 Å². The number of nitrogens with zero attached hydrogens (tertiary/aromatic N) is 5. The van der Waals surface area contributed by atoms with Crippen LogP contribution in [-0.4, -0.2) is 31.0 Å². The van der Waals surface area contributed by atoms with Crippen LogP contribution in [0.1, 0.15) is 12.5 Å². The van der Waals surface area contributed by atoms with Crippen LogP contribution in [0.5, 0.6) is 11.6 Å². The second kappa shape index (κ2) is 5.13. The molecule has 0 aliphatic carbocycles. The van der Waals surface area contributed by atoms with Gasteiger partial charge in [-0.1, -0.05) is 5.16 Å². The molecule has 2 heterocycles. The molecule has 0 aromatic carbocycles. The monoisotopic (exact) mass is 248 g/mol. The van der Waals surface area contributed by atoms with Crippen LogP contribution in [-0.2, 0) is 6.54 Å². The lowest BCUT2D eigenvalue weighted by Crippen LogP contribution is -2.15. The Morgan fingerprint density at radius 2 is 2.44 bits per heavy atom. The van der Waals surface area contributed by atoms with Crippen molar-refractivity contribution in [3.05, 3.63) is 30.2 Å². The normalized spacial score (nSPS) is 11.5. The number of aromatic nitrogens is 4. The second-order valence-corrected chi connectivity index (χ2v) is 3.37. The molecule has 0 saturated heterocycles. The molecule has 0 fully saturated rings. The number of hydrogen-bond donors (Lipinski definition) is 2. The Balaban J connectivity index is 2.28. The predicted octanol–water partition coefficient (Wildman–Crippen LogP) is 0.580. The Bertz CT molecular complexity index is 565. The van der Waals surface area contributed by atoms with Gasteiger partial charge in [-0.3, -0.25) is 4.68 Å². The molecular formula is C10H12N6O2. The fourth-order valence-electron chi connectivity index (χ4n) is 1.32. The lowest BCUT2D eigenvalue weighted by atomic mass is 10.3. The maximum absolute atomic E-state index is 8.66. The van der Waals surface area contributed by atoms with E-state index in [0.29, 0.717) is 11.3 Å². The minimum atomic E-state index is -0.0946. The summed E-state index contributed by atoms with van der Waals surface area (Å²) in [4.78, 5) is 0. The van der Waals surface area contributed by atoms with Crippen molar-refractivity contribution in [1.29, 1.82) is 0 Å². The second-order valence-electron chi connectivity index (χ2n) is 3.37. The third-order valence-electron chi connectivity index (χ3n) is 2.22. The van der Waals surface area contributed by atoms with Crippen molar-refractivity contribution in [3.8, 4) is 11.6 Å². The van der Waals surface area contributed by atoms with E-state index < -0.39 is 0 Å². The zero-order chi connectivity index (χ0) is 13.0. The first-order valence-electron chi connectivity index (χ1n) is 5.24. The van der Waals surface area contributed by atoms with Crippen molar-refractivity contribution in [2.45, 2.75) is 13.5 Å². The number of aryl methyl sites for hydroxylation is 1. The van der Waals surface area contributed by atoms with Crippen molar-refractivity contribution in [3.63, 3.8) is 0 Å². The highest BCUT2D eigenvalue weighted by atomic mass is 16.5. The van der Waals surface area contributed by atoms with E-state index in [4.69, 9.17) is 15.7 Å². The Kier molecular flexibility index (Phi) is 3.37. The summed E-state index contributed by atoms with van der Waals surface area (Å²) >= 11 is 0. The number of ether oxygens (including phenoxy) is 1. The molecule has 0 spiro atoms. The van der Waals surface area contributed by atoms with Gasteiger partial charge < -0.3 is 15.7 Å². The molecule has 8 heteroatoms. The van der Waals surface area contributed by atoms with E-state index >= 15 is 0 Å². The van der Waals surface area contributed by atoms with E-state index in [0.717, 1.165) is 6.54 Å². The van der Waals surface area contributed by atoms with Gasteiger partial charge in [0.2, 0.25) is 5.88 Å². The van der Waals surface area contributed by atoms with E-state index in [1.807, 2.05) is 6.92 Å². The van der Waals surface area contributed by atoms with Gasteiger partial charge in [-0.25, -0.2) is 0 Å². The molecule has 2 aromatic heterocycles. The molecule has 0 unspecified atom stereocenters. The molecule has 94 valence electrons. The van der Waals surface area contributed by atoms with Gasteiger partial charge in [0.15, 0.2) is 11.6 Å². The average molecular weight is 248 g/mol.